The Kier molecular flexibility index (Phi) is 7.73. The van der Waals surface area contributed by atoms with Gasteiger partial charge in [-0.1, -0.05) is 35.9 Å². The highest BCUT2D eigenvalue weighted by atomic mass is 35.5. The molecule has 5 rings (SSSR count). The van der Waals surface area contributed by atoms with E-state index in [4.69, 9.17) is 21.1 Å². The van der Waals surface area contributed by atoms with Gasteiger partial charge in [0, 0.05) is 24.3 Å². The predicted molar refractivity (Wildman–Crippen MR) is 141 cm³/mol. The van der Waals surface area contributed by atoms with Crippen LogP contribution in [-0.2, 0) is 16.1 Å². The van der Waals surface area contributed by atoms with Crippen LogP contribution in [0.15, 0.2) is 48.7 Å². The zero-order chi connectivity index (χ0) is 26.6. The highest BCUT2D eigenvalue weighted by Crippen LogP contribution is 2.31. The largest absolute Gasteiger partial charge is 0.497 e. The van der Waals surface area contributed by atoms with Crippen LogP contribution in [0, 0.1) is 0 Å². The molecular formula is C27H28ClN5O5. The number of halogens is 1. The van der Waals surface area contributed by atoms with Crippen molar-refractivity contribution in [3.8, 4) is 17.0 Å². The Labute approximate surface area is 224 Å². The van der Waals surface area contributed by atoms with Crippen LogP contribution in [-0.4, -0.2) is 71.3 Å². The van der Waals surface area contributed by atoms with Crippen LogP contribution < -0.4 is 15.4 Å². The van der Waals surface area contributed by atoms with Gasteiger partial charge in [-0.05, 0) is 35.7 Å². The van der Waals surface area contributed by atoms with Crippen molar-refractivity contribution < 1.29 is 24.2 Å². The molecule has 0 bridgehead atoms. The fraction of sp³-hybridized carbons (Fsp3) is 0.333. The van der Waals surface area contributed by atoms with Gasteiger partial charge >= 0.3 is 0 Å². The molecule has 0 aliphatic carbocycles. The zero-order valence-corrected chi connectivity index (χ0v) is 21.6. The molecule has 2 aromatic carbocycles. The van der Waals surface area contributed by atoms with Crippen molar-refractivity contribution in [3.05, 3.63) is 70.4 Å². The molecule has 1 fully saturated rings. The number of amides is 2. The second kappa shape index (κ2) is 11.3. The minimum atomic E-state index is -0.622. The van der Waals surface area contributed by atoms with E-state index in [0.717, 1.165) is 12.0 Å². The molecule has 198 valence electrons. The molecule has 1 saturated heterocycles. The Balaban J connectivity index is 1.27. The van der Waals surface area contributed by atoms with Gasteiger partial charge < -0.3 is 30.1 Å². The maximum Gasteiger partial charge on any atom is 0.254 e. The number of ether oxygens (including phenoxy) is 2. The lowest BCUT2D eigenvalue weighted by Gasteiger charge is -2.20. The minimum Gasteiger partial charge on any atom is -0.497 e. The SMILES string of the molecule is COc1cccc([C@@H](CO)NC(=O)CN2Cc3ccc(-c4nc(NC5CCOC5)ncc4Cl)cc3C2=O)c1. The van der Waals surface area contributed by atoms with Gasteiger partial charge in [-0.3, -0.25) is 9.59 Å². The van der Waals surface area contributed by atoms with E-state index >= 15 is 0 Å². The molecule has 2 atom stereocenters. The van der Waals surface area contributed by atoms with Gasteiger partial charge in [0.15, 0.2) is 0 Å². The summed E-state index contributed by atoms with van der Waals surface area (Å²) in [6.45, 7) is 1.16. The van der Waals surface area contributed by atoms with Crippen molar-refractivity contribution in [2.24, 2.45) is 0 Å². The number of rotatable bonds is 9. The molecule has 3 heterocycles. The number of aromatic nitrogens is 2. The fourth-order valence-corrected chi connectivity index (χ4v) is 4.81. The molecule has 0 radical (unpaired) electrons. The van der Waals surface area contributed by atoms with Crippen molar-refractivity contribution in [3.63, 3.8) is 0 Å². The van der Waals surface area contributed by atoms with E-state index in [-0.39, 0.29) is 31.0 Å². The first-order valence-corrected chi connectivity index (χ1v) is 12.7. The van der Waals surface area contributed by atoms with Crippen LogP contribution in [0.2, 0.25) is 5.02 Å². The Morgan fingerprint density at radius 2 is 2.18 bits per heavy atom. The molecule has 3 N–H and O–H groups in total. The number of anilines is 1. The standard InChI is InChI=1S/C27H28ClN5O5/c1-37-20-4-2-3-16(9-20)23(14-34)31-24(35)13-33-12-18-6-5-17(10-21(18)26(33)36)25-22(28)11-29-27(32-25)30-19-7-8-38-15-19/h2-6,9-11,19,23,34H,7-8,12-15H2,1H3,(H,31,35)(H,29,30,32)/t19?,23-/m1/s1. The lowest BCUT2D eigenvalue weighted by Crippen LogP contribution is -2.40. The smallest absolute Gasteiger partial charge is 0.254 e. The van der Waals surface area contributed by atoms with E-state index in [1.54, 1.807) is 37.4 Å². The lowest BCUT2D eigenvalue weighted by molar-refractivity contribution is -0.122. The van der Waals surface area contributed by atoms with Crippen LogP contribution in [0.5, 0.6) is 5.75 Å². The number of aliphatic hydroxyl groups is 1. The summed E-state index contributed by atoms with van der Waals surface area (Å²) in [7, 11) is 1.55. The quantitative estimate of drug-likeness (QED) is 0.380. The maximum atomic E-state index is 13.2. The average molecular weight is 538 g/mol. The van der Waals surface area contributed by atoms with Crippen molar-refractivity contribution >= 4 is 29.4 Å². The van der Waals surface area contributed by atoms with E-state index in [1.807, 2.05) is 12.1 Å². The summed E-state index contributed by atoms with van der Waals surface area (Å²) in [5.74, 6) is 0.430. The summed E-state index contributed by atoms with van der Waals surface area (Å²) in [6, 6.07) is 12.1. The molecule has 0 saturated carbocycles. The third kappa shape index (κ3) is 5.57. The van der Waals surface area contributed by atoms with Crippen LogP contribution in [0.4, 0.5) is 5.95 Å². The van der Waals surface area contributed by atoms with Gasteiger partial charge in [0.2, 0.25) is 11.9 Å². The number of fused-ring (bicyclic) bond motifs is 1. The Morgan fingerprint density at radius 1 is 1.32 bits per heavy atom. The number of benzene rings is 2. The molecule has 38 heavy (non-hydrogen) atoms. The number of hydrogen-bond donors (Lipinski definition) is 3. The summed E-state index contributed by atoms with van der Waals surface area (Å²) < 4.78 is 10.6. The fourth-order valence-electron chi connectivity index (χ4n) is 4.61. The monoisotopic (exact) mass is 537 g/mol. The number of aliphatic hydroxyl groups excluding tert-OH is 1. The average Bonchev–Trinajstić information content (AvgIpc) is 3.55. The number of carbonyl (C=O) groups excluding carboxylic acids is 2. The van der Waals surface area contributed by atoms with Gasteiger partial charge in [0.05, 0.1) is 49.3 Å². The first-order valence-electron chi connectivity index (χ1n) is 12.3. The van der Waals surface area contributed by atoms with Crippen LogP contribution in [0.3, 0.4) is 0 Å². The van der Waals surface area contributed by atoms with Gasteiger partial charge in [0.25, 0.3) is 5.91 Å². The molecule has 1 aromatic heterocycles. The van der Waals surface area contributed by atoms with Gasteiger partial charge in [-0.25, -0.2) is 9.97 Å². The molecule has 1 unspecified atom stereocenters. The van der Waals surface area contributed by atoms with Gasteiger partial charge in [-0.15, -0.1) is 0 Å². The van der Waals surface area contributed by atoms with Crippen LogP contribution >= 0.6 is 11.6 Å². The Bertz CT molecular complexity index is 1350. The molecule has 3 aromatic rings. The zero-order valence-electron chi connectivity index (χ0n) is 20.8. The van der Waals surface area contributed by atoms with Crippen molar-refractivity contribution in [1.82, 2.24) is 20.2 Å². The minimum absolute atomic E-state index is 0.139. The highest BCUT2D eigenvalue weighted by Gasteiger charge is 2.30. The number of methoxy groups -OCH3 is 1. The Morgan fingerprint density at radius 3 is 2.95 bits per heavy atom. The van der Waals surface area contributed by atoms with Crippen LogP contribution in [0.1, 0.15) is 33.9 Å². The Hall–Kier alpha value is -3.73. The van der Waals surface area contributed by atoms with E-state index in [0.29, 0.717) is 58.9 Å². The predicted octanol–water partition coefficient (Wildman–Crippen LogP) is 2.81. The van der Waals surface area contributed by atoms with Gasteiger partial charge in [0.1, 0.15) is 12.3 Å². The van der Waals surface area contributed by atoms with E-state index in [9.17, 15) is 14.7 Å². The highest BCUT2D eigenvalue weighted by molar-refractivity contribution is 6.33. The molecule has 2 aliphatic rings. The number of hydrogen-bond acceptors (Lipinski definition) is 8. The first-order chi connectivity index (χ1) is 18.4. The van der Waals surface area contributed by atoms with Crippen molar-refractivity contribution in [1.29, 1.82) is 0 Å². The molecule has 2 amide bonds. The normalized spacial score (nSPS) is 17.3. The molecule has 10 nitrogen and oxygen atoms in total. The van der Waals surface area contributed by atoms with Crippen molar-refractivity contribution in [2.75, 3.05) is 38.8 Å². The van der Waals surface area contributed by atoms with E-state index < -0.39 is 6.04 Å². The third-order valence-electron chi connectivity index (χ3n) is 6.62. The summed E-state index contributed by atoms with van der Waals surface area (Å²) >= 11 is 6.41. The molecule has 11 heteroatoms. The number of nitrogens with zero attached hydrogens (tertiary/aromatic N) is 3. The molecule has 0 spiro atoms. The molecular weight excluding hydrogens is 510 g/mol. The summed E-state index contributed by atoms with van der Waals surface area (Å²) in [4.78, 5) is 36.3. The van der Waals surface area contributed by atoms with Gasteiger partial charge in [-0.2, -0.15) is 0 Å². The van der Waals surface area contributed by atoms with Crippen LogP contribution in [0.25, 0.3) is 11.3 Å². The summed E-state index contributed by atoms with van der Waals surface area (Å²) in [5, 5.41) is 16.3. The first kappa shape index (κ1) is 25.9. The molecule has 2 aliphatic heterocycles. The summed E-state index contributed by atoms with van der Waals surface area (Å²) in [5.41, 5.74) is 3.20. The number of nitrogens with one attached hydrogen (secondary N) is 2. The van der Waals surface area contributed by atoms with E-state index in [1.165, 1.54) is 11.1 Å². The number of carbonyl (C=O) groups is 2. The maximum absolute atomic E-state index is 13.2. The second-order valence-corrected chi connectivity index (χ2v) is 9.61. The second-order valence-electron chi connectivity index (χ2n) is 9.21. The lowest BCUT2D eigenvalue weighted by atomic mass is 10.0. The summed E-state index contributed by atoms with van der Waals surface area (Å²) in [6.07, 6.45) is 2.41. The topological polar surface area (TPSA) is 126 Å². The van der Waals surface area contributed by atoms with E-state index in [2.05, 4.69) is 20.6 Å². The van der Waals surface area contributed by atoms with Crippen molar-refractivity contribution in [2.45, 2.75) is 25.0 Å². The third-order valence-corrected chi connectivity index (χ3v) is 6.89.